The number of carbonyl (C=O) groups excluding carboxylic acids is 3. The molecule has 226 valence electrons. The number of carboxylic acids is 1. The fourth-order valence-corrected chi connectivity index (χ4v) is 5.10. The highest BCUT2D eigenvalue weighted by atomic mass is 16.4. The Morgan fingerprint density at radius 3 is 2.22 bits per heavy atom. The van der Waals surface area contributed by atoms with Gasteiger partial charge in [-0.05, 0) is 50.5 Å². The summed E-state index contributed by atoms with van der Waals surface area (Å²) >= 11 is 0. The molecule has 0 saturated heterocycles. The molecule has 41 heavy (non-hydrogen) atoms. The predicted octanol–water partition coefficient (Wildman–Crippen LogP) is 0.296. The first-order valence-electron chi connectivity index (χ1n) is 13.8. The smallest absolute Gasteiger partial charge is 0.326 e. The van der Waals surface area contributed by atoms with E-state index < -0.39 is 41.2 Å². The van der Waals surface area contributed by atoms with Crippen LogP contribution in [0.3, 0.4) is 0 Å². The number of benzene rings is 1. The van der Waals surface area contributed by atoms with Crippen LogP contribution in [-0.4, -0.2) is 77.7 Å². The summed E-state index contributed by atoms with van der Waals surface area (Å²) in [6, 6.07) is 5.48. The summed E-state index contributed by atoms with van der Waals surface area (Å²) in [5.41, 5.74) is 15.9. The average molecular weight is 573 g/mol. The van der Waals surface area contributed by atoms with E-state index in [1.165, 1.54) is 4.90 Å². The van der Waals surface area contributed by atoms with E-state index in [0.29, 0.717) is 30.4 Å². The predicted molar refractivity (Wildman–Crippen MR) is 156 cm³/mol. The number of nitrogen functional groups attached to an aromatic ring is 1. The van der Waals surface area contributed by atoms with Gasteiger partial charge in [0, 0.05) is 26.2 Å². The van der Waals surface area contributed by atoms with E-state index >= 15 is 0 Å². The van der Waals surface area contributed by atoms with E-state index in [-0.39, 0.29) is 37.1 Å². The third-order valence-electron chi connectivity index (χ3n) is 7.59. The lowest BCUT2D eigenvalue weighted by atomic mass is 9.74. The van der Waals surface area contributed by atoms with Crippen molar-refractivity contribution < 1.29 is 24.3 Å². The number of amidine groups is 1. The van der Waals surface area contributed by atoms with Gasteiger partial charge < -0.3 is 37.8 Å². The first-order chi connectivity index (χ1) is 19.3. The summed E-state index contributed by atoms with van der Waals surface area (Å²) in [6.07, 6.45) is 4.55. The second-order valence-corrected chi connectivity index (χ2v) is 10.9. The van der Waals surface area contributed by atoms with E-state index in [1.54, 1.807) is 45.3 Å². The minimum atomic E-state index is -1.45. The molecule has 3 atom stereocenters. The zero-order valence-corrected chi connectivity index (χ0v) is 24.1. The van der Waals surface area contributed by atoms with Gasteiger partial charge in [-0.3, -0.25) is 24.8 Å². The van der Waals surface area contributed by atoms with Crippen molar-refractivity contribution in [2.75, 3.05) is 20.6 Å². The molecule has 2 rings (SSSR count). The van der Waals surface area contributed by atoms with Gasteiger partial charge in [0.15, 0.2) is 5.96 Å². The lowest BCUT2D eigenvalue weighted by molar-refractivity contribution is -0.146. The zero-order chi connectivity index (χ0) is 30.7. The maximum Gasteiger partial charge on any atom is 0.326 e. The fraction of sp³-hybridized carbons (Fsp3) is 0.571. The molecule has 1 aliphatic rings. The Kier molecular flexibility index (Phi) is 12.1. The first kappa shape index (κ1) is 33.0. The van der Waals surface area contributed by atoms with Gasteiger partial charge in [0.1, 0.15) is 23.3 Å². The molecule has 0 spiro atoms. The van der Waals surface area contributed by atoms with E-state index in [1.807, 2.05) is 0 Å². The van der Waals surface area contributed by atoms with E-state index in [9.17, 15) is 24.3 Å². The Hall–Kier alpha value is -4.16. The summed E-state index contributed by atoms with van der Waals surface area (Å²) < 4.78 is 0. The van der Waals surface area contributed by atoms with Gasteiger partial charge in [-0.1, -0.05) is 43.5 Å². The highest BCUT2D eigenvalue weighted by Crippen LogP contribution is 2.33. The largest absolute Gasteiger partial charge is 0.480 e. The number of carboxylic acid groups (broad SMARTS) is 1. The van der Waals surface area contributed by atoms with E-state index in [2.05, 4.69) is 15.6 Å². The Balaban J connectivity index is 2.33. The molecule has 10 N–H and O–H groups in total. The lowest BCUT2D eigenvalue weighted by Crippen LogP contribution is -2.64. The maximum atomic E-state index is 13.8. The van der Waals surface area contributed by atoms with Crippen molar-refractivity contribution in [2.24, 2.45) is 34.0 Å². The van der Waals surface area contributed by atoms with E-state index in [4.69, 9.17) is 22.6 Å². The number of nitrogens with one attached hydrogen (secondary N) is 3. The Labute approximate surface area is 240 Å². The van der Waals surface area contributed by atoms with Crippen molar-refractivity contribution >= 4 is 35.5 Å². The monoisotopic (exact) mass is 572 g/mol. The fourth-order valence-electron chi connectivity index (χ4n) is 5.10. The lowest BCUT2D eigenvalue weighted by Gasteiger charge is -2.40. The van der Waals surface area contributed by atoms with Crippen molar-refractivity contribution in [3.8, 4) is 0 Å². The first-order valence-corrected chi connectivity index (χ1v) is 13.8. The molecular formula is C28H44N8O5. The maximum absolute atomic E-state index is 13.8. The van der Waals surface area contributed by atoms with Crippen LogP contribution < -0.4 is 27.8 Å². The van der Waals surface area contributed by atoms with Crippen molar-refractivity contribution in [1.82, 2.24) is 15.5 Å². The van der Waals surface area contributed by atoms with Crippen LogP contribution in [0.25, 0.3) is 0 Å². The number of aliphatic carboxylic acids is 1. The number of guanidine groups is 1. The van der Waals surface area contributed by atoms with Crippen LogP contribution in [0.2, 0.25) is 0 Å². The summed E-state index contributed by atoms with van der Waals surface area (Å²) in [6.45, 7) is 1.81. The molecule has 0 heterocycles. The number of aliphatic imine (C=N–C) groups is 1. The zero-order valence-electron chi connectivity index (χ0n) is 24.1. The van der Waals surface area contributed by atoms with Crippen molar-refractivity contribution in [1.29, 1.82) is 5.41 Å². The summed E-state index contributed by atoms with van der Waals surface area (Å²) in [4.78, 5) is 57.8. The summed E-state index contributed by atoms with van der Waals surface area (Å²) in [5, 5.41) is 22.8. The number of amides is 3. The molecule has 3 amide bonds. The molecule has 0 aliphatic heterocycles. The molecular weight excluding hydrogens is 528 g/mol. The molecule has 1 unspecified atom stereocenters. The van der Waals surface area contributed by atoms with Gasteiger partial charge in [-0.2, -0.15) is 0 Å². The van der Waals surface area contributed by atoms with Crippen LogP contribution >= 0.6 is 0 Å². The molecule has 1 aliphatic carbocycles. The molecule has 1 fully saturated rings. The molecule has 1 aromatic rings. The van der Waals surface area contributed by atoms with Gasteiger partial charge >= 0.3 is 5.97 Å². The van der Waals surface area contributed by atoms with Crippen LogP contribution in [0.5, 0.6) is 0 Å². The number of carbonyl (C=O) groups is 4. The number of nitrogens with zero attached hydrogens (tertiary/aromatic N) is 2. The normalized spacial score (nSPS) is 16.4. The molecule has 0 bridgehead atoms. The average Bonchev–Trinajstić information content (AvgIpc) is 2.93. The van der Waals surface area contributed by atoms with Gasteiger partial charge in [0.2, 0.25) is 17.7 Å². The summed E-state index contributed by atoms with van der Waals surface area (Å²) in [7, 11) is 3.10. The third-order valence-corrected chi connectivity index (χ3v) is 7.59. The third kappa shape index (κ3) is 9.47. The second kappa shape index (κ2) is 15.0. The molecule has 1 aromatic carbocycles. The second-order valence-electron chi connectivity index (χ2n) is 10.9. The highest BCUT2D eigenvalue weighted by molar-refractivity contribution is 6.03. The molecule has 13 heteroatoms. The standard InChI is InChI=1S/C28H44N8O5/c1-28(19-8-5-4-6-9-19,26(41)34-21(25(39)40)10-7-15-33-27(31)32)35-23(37)20(24(38)36(2)3)16-17-11-13-18(14-12-17)22(29)30/h11-14,19-21H,4-10,15-16H2,1-3H3,(H3,29,30)(H,34,41)(H,35,37)(H,39,40)(H4,31,32,33)/t20?,21-,28-/m0/s1. The van der Waals surface area contributed by atoms with Crippen LogP contribution in [0.1, 0.15) is 63.0 Å². The number of hydrogen-bond acceptors (Lipinski definition) is 6. The Morgan fingerprint density at radius 2 is 1.71 bits per heavy atom. The van der Waals surface area contributed by atoms with Gasteiger partial charge in [0.05, 0.1) is 0 Å². The topological polar surface area (TPSA) is 230 Å². The summed E-state index contributed by atoms with van der Waals surface area (Å²) in [5.74, 6) is -4.48. The van der Waals surface area contributed by atoms with Crippen molar-refractivity contribution in [3.05, 3.63) is 35.4 Å². The Morgan fingerprint density at radius 1 is 1.10 bits per heavy atom. The van der Waals surface area contributed by atoms with Gasteiger partial charge in [-0.15, -0.1) is 0 Å². The molecule has 1 saturated carbocycles. The van der Waals surface area contributed by atoms with Gasteiger partial charge in [-0.25, -0.2) is 4.79 Å². The molecule has 0 aromatic heterocycles. The molecule has 0 radical (unpaired) electrons. The van der Waals surface area contributed by atoms with Crippen LogP contribution in [0.15, 0.2) is 29.3 Å². The number of hydrogen-bond donors (Lipinski definition) is 7. The highest BCUT2D eigenvalue weighted by Gasteiger charge is 2.45. The quantitative estimate of drug-likeness (QED) is 0.0707. The van der Waals surface area contributed by atoms with E-state index in [0.717, 1.165) is 19.3 Å². The van der Waals surface area contributed by atoms with Crippen molar-refractivity contribution in [2.45, 2.75) is 69.9 Å². The van der Waals surface area contributed by atoms with Crippen LogP contribution in [0.4, 0.5) is 0 Å². The van der Waals surface area contributed by atoms with Crippen LogP contribution in [-0.2, 0) is 25.6 Å². The van der Waals surface area contributed by atoms with Crippen molar-refractivity contribution in [3.63, 3.8) is 0 Å². The molecule has 13 nitrogen and oxygen atoms in total. The Bertz CT molecular complexity index is 1130. The SMILES string of the molecule is CN(C)C(=O)C(Cc1ccc(C(=N)N)cc1)C(=O)N[C@](C)(C(=O)N[C@@H](CCCN=C(N)N)C(=O)O)C1CCCCC1. The van der Waals surface area contributed by atoms with Gasteiger partial charge in [0.25, 0.3) is 0 Å². The minimum absolute atomic E-state index is 0.0614. The minimum Gasteiger partial charge on any atom is -0.480 e. The van der Waals surface area contributed by atoms with Crippen LogP contribution in [0, 0.1) is 17.2 Å². The number of rotatable bonds is 14. The number of nitrogens with two attached hydrogens (primary N) is 3.